The second-order valence-corrected chi connectivity index (χ2v) is 20.9. The van der Waals surface area contributed by atoms with Crippen LogP contribution in [0.15, 0.2) is 146 Å². The first-order valence-electron chi connectivity index (χ1n) is 25.2. The zero-order valence-corrected chi connectivity index (χ0v) is 42.1. The maximum Gasteiger partial charge on any atom is 0.104 e. The number of nitrogens with zero attached hydrogens (tertiary/aromatic N) is 5. The standard InChI is InChI=1S/C67H53N5/c1-37-9-17-45-18-20-47(46-19-10-38(2)28-49(46)48(45)27-37)64-56(35-68)66(71-60-23-13-41(5)31-52(60)53-32-42(6)14-24-61(53)71)67(72-62-25-15-43(7)33-54(62)55-34-44(8)16-26-63(55)72)57(36-69)65(64)70-58-21-11-39(3)29-50(58)51-30-40(4)12-22-59(51)70/h9-17,19,21-34,47H,18,20H2,1-8H3. The molecule has 1 aliphatic carbocycles. The first kappa shape index (κ1) is 43.4. The Morgan fingerprint density at radius 3 is 1.07 bits per heavy atom. The molecule has 0 saturated heterocycles. The molecule has 72 heavy (non-hydrogen) atoms. The summed E-state index contributed by atoms with van der Waals surface area (Å²) in [6, 6.07) is 59.7. The highest BCUT2D eigenvalue weighted by molar-refractivity contribution is 6.14. The van der Waals surface area contributed by atoms with E-state index in [1.54, 1.807) is 0 Å². The SMILES string of the molecule is Cc1ccc2c(c1)-c1cc(C)ccc1C(c1c(C#N)c(-n3c4ccc(C)cc4c4cc(C)ccc43)c(-n3c4ccc(C)cc4c4cc(C)ccc43)c(C#N)c1-n1c3ccc(C)cc3c3cc(C)ccc31)CC2. The molecule has 3 aromatic heterocycles. The lowest BCUT2D eigenvalue weighted by Gasteiger charge is -2.30. The molecule has 0 bridgehead atoms. The fourth-order valence-electron chi connectivity index (χ4n) is 12.6. The van der Waals surface area contributed by atoms with E-state index >= 15 is 0 Å². The lowest BCUT2D eigenvalue weighted by Crippen LogP contribution is -2.18. The van der Waals surface area contributed by atoms with Gasteiger partial charge in [-0.05, 0) is 163 Å². The van der Waals surface area contributed by atoms with Gasteiger partial charge in [-0.1, -0.05) is 117 Å². The van der Waals surface area contributed by atoms with Crippen molar-refractivity contribution in [3.05, 3.63) is 218 Å². The third-order valence-corrected chi connectivity index (χ3v) is 15.8. The van der Waals surface area contributed by atoms with Gasteiger partial charge in [-0.15, -0.1) is 0 Å². The molecule has 13 rings (SSSR count). The lowest BCUT2D eigenvalue weighted by atomic mass is 9.80. The normalized spacial score (nSPS) is 13.6. The first-order chi connectivity index (χ1) is 34.9. The van der Waals surface area contributed by atoms with Gasteiger partial charge in [0.15, 0.2) is 0 Å². The Morgan fingerprint density at radius 2 is 0.681 bits per heavy atom. The summed E-state index contributed by atoms with van der Waals surface area (Å²) in [5, 5.41) is 32.0. The number of fused-ring (bicyclic) bond motifs is 12. The molecule has 3 heterocycles. The van der Waals surface area contributed by atoms with E-state index in [0.29, 0.717) is 22.5 Å². The minimum atomic E-state index is -0.290. The fourth-order valence-corrected chi connectivity index (χ4v) is 12.6. The monoisotopic (exact) mass is 927 g/mol. The van der Waals surface area contributed by atoms with Crippen LogP contribution in [0.25, 0.3) is 93.6 Å². The van der Waals surface area contributed by atoms with Crippen molar-refractivity contribution in [2.24, 2.45) is 0 Å². The smallest absolute Gasteiger partial charge is 0.104 e. The zero-order valence-electron chi connectivity index (χ0n) is 42.1. The lowest BCUT2D eigenvalue weighted by molar-refractivity contribution is 0.718. The van der Waals surface area contributed by atoms with Crippen LogP contribution in [0.5, 0.6) is 0 Å². The van der Waals surface area contributed by atoms with Crippen LogP contribution in [0.2, 0.25) is 0 Å². The van der Waals surface area contributed by atoms with Crippen molar-refractivity contribution in [1.82, 2.24) is 13.7 Å². The number of aromatic nitrogens is 3. The van der Waals surface area contributed by atoms with Gasteiger partial charge in [0.05, 0.1) is 55.7 Å². The average Bonchev–Trinajstić information content (AvgIpc) is 3.92. The second kappa shape index (κ2) is 15.9. The summed E-state index contributed by atoms with van der Waals surface area (Å²) >= 11 is 0. The second-order valence-electron chi connectivity index (χ2n) is 20.9. The third kappa shape index (κ3) is 6.30. The van der Waals surface area contributed by atoms with E-state index in [4.69, 9.17) is 0 Å². The minimum Gasteiger partial charge on any atom is -0.307 e. The topological polar surface area (TPSA) is 62.4 Å². The van der Waals surface area contributed by atoms with Gasteiger partial charge in [-0.2, -0.15) is 10.5 Å². The molecular weight excluding hydrogens is 875 g/mol. The van der Waals surface area contributed by atoms with E-state index in [-0.39, 0.29) is 5.92 Å². The van der Waals surface area contributed by atoms with Gasteiger partial charge in [-0.3, -0.25) is 0 Å². The molecule has 1 atom stereocenters. The Kier molecular flexibility index (Phi) is 9.61. The van der Waals surface area contributed by atoms with E-state index < -0.39 is 0 Å². The van der Waals surface area contributed by atoms with Crippen molar-refractivity contribution in [2.75, 3.05) is 0 Å². The fraction of sp³-hybridized carbons (Fsp3) is 0.164. The molecule has 346 valence electrons. The molecular formula is C67H53N5. The molecule has 0 aliphatic heterocycles. The maximum atomic E-state index is 12.7. The van der Waals surface area contributed by atoms with Crippen LogP contribution >= 0.6 is 0 Å². The highest BCUT2D eigenvalue weighted by atomic mass is 15.1. The summed E-state index contributed by atoms with van der Waals surface area (Å²) in [6.45, 7) is 17.2. The summed E-state index contributed by atoms with van der Waals surface area (Å²) in [4.78, 5) is 0. The molecule has 12 aromatic rings. The molecule has 1 aliphatic rings. The Bertz CT molecular complexity index is 4280. The number of benzene rings is 9. The molecule has 0 amide bonds. The molecule has 5 nitrogen and oxygen atoms in total. The first-order valence-corrected chi connectivity index (χ1v) is 25.2. The van der Waals surface area contributed by atoms with E-state index in [9.17, 15) is 10.5 Å². The maximum absolute atomic E-state index is 12.7. The summed E-state index contributed by atoms with van der Waals surface area (Å²) in [5.74, 6) is -0.290. The van der Waals surface area contributed by atoms with Crippen LogP contribution < -0.4 is 0 Å². The summed E-state index contributed by atoms with van der Waals surface area (Å²) in [6.07, 6.45) is 1.52. The van der Waals surface area contributed by atoms with Crippen molar-refractivity contribution in [2.45, 2.75) is 74.1 Å². The molecule has 0 spiro atoms. The van der Waals surface area contributed by atoms with Gasteiger partial charge in [0.1, 0.15) is 17.7 Å². The van der Waals surface area contributed by atoms with Crippen molar-refractivity contribution in [3.63, 3.8) is 0 Å². The van der Waals surface area contributed by atoms with Crippen molar-refractivity contribution in [1.29, 1.82) is 10.5 Å². The van der Waals surface area contributed by atoms with Gasteiger partial charge < -0.3 is 13.7 Å². The Morgan fingerprint density at radius 1 is 0.361 bits per heavy atom. The van der Waals surface area contributed by atoms with Gasteiger partial charge in [0.25, 0.3) is 0 Å². The highest BCUT2D eigenvalue weighted by Gasteiger charge is 2.37. The van der Waals surface area contributed by atoms with Gasteiger partial charge >= 0.3 is 0 Å². The number of hydrogen-bond acceptors (Lipinski definition) is 2. The number of rotatable bonds is 4. The Labute approximate surface area is 420 Å². The molecule has 5 heteroatoms. The predicted molar refractivity (Wildman–Crippen MR) is 299 cm³/mol. The summed E-state index contributed by atoms with van der Waals surface area (Å²) in [5.41, 5.74) is 24.2. The summed E-state index contributed by atoms with van der Waals surface area (Å²) in [7, 11) is 0. The van der Waals surface area contributed by atoms with E-state index in [1.165, 1.54) is 27.8 Å². The van der Waals surface area contributed by atoms with Crippen LogP contribution in [0, 0.1) is 78.1 Å². The van der Waals surface area contributed by atoms with Crippen LogP contribution in [0.3, 0.4) is 0 Å². The quantitative estimate of drug-likeness (QED) is 0.177. The molecule has 0 radical (unpaired) electrons. The molecule has 0 saturated carbocycles. The largest absolute Gasteiger partial charge is 0.307 e. The van der Waals surface area contributed by atoms with Crippen LogP contribution in [0.4, 0.5) is 0 Å². The molecule has 1 unspecified atom stereocenters. The van der Waals surface area contributed by atoms with Crippen molar-refractivity contribution >= 4 is 65.4 Å². The van der Waals surface area contributed by atoms with Gasteiger partial charge in [0.2, 0.25) is 0 Å². The van der Waals surface area contributed by atoms with Crippen LogP contribution in [-0.2, 0) is 6.42 Å². The van der Waals surface area contributed by atoms with E-state index in [2.05, 4.69) is 227 Å². The van der Waals surface area contributed by atoms with Crippen molar-refractivity contribution in [3.8, 4) is 40.3 Å². The molecule has 0 N–H and O–H groups in total. The van der Waals surface area contributed by atoms with Crippen LogP contribution in [0.1, 0.15) is 84.7 Å². The number of hydrogen-bond donors (Lipinski definition) is 0. The van der Waals surface area contributed by atoms with Gasteiger partial charge in [0, 0.05) is 43.8 Å². The number of aryl methyl sites for hydroxylation is 9. The molecule has 9 aromatic carbocycles. The van der Waals surface area contributed by atoms with E-state index in [0.717, 1.165) is 128 Å². The zero-order chi connectivity index (χ0) is 49.4. The molecule has 0 fully saturated rings. The number of nitriles is 2. The van der Waals surface area contributed by atoms with Crippen LogP contribution in [-0.4, -0.2) is 13.7 Å². The minimum absolute atomic E-state index is 0.290. The Hall–Kier alpha value is -8.64. The third-order valence-electron chi connectivity index (χ3n) is 15.8. The predicted octanol–water partition coefficient (Wildman–Crippen LogP) is 16.9. The Balaban J connectivity index is 1.33. The van der Waals surface area contributed by atoms with E-state index in [1.807, 2.05) is 0 Å². The van der Waals surface area contributed by atoms with Crippen molar-refractivity contribution < 1.29 is 0 Å². The summed E-state index contributed by atoms with van der Waals surface area (Å²) < 4.78 is 6.99. The highest BCUT2D eigenvalue weighted by Crippen LogP contribution is 2.52. The van der Waals surface area contributed by atoms with Gasteiger partial charge in [-0.25, -0.2) is 0 Å². The average molecular weight is 928 g/mol.